The minimum atomic E-state index is -0.421. The molecule has 0 unspecified atom stereocenters. The normalized spacial score (nSPS) is 25.7. The zero-order valence-electron chi connectivity index (χ0n) is 13.9. The maximum absolute atomic E-state index is 6.40. The third kappa shape index (κ3) is 2.14. The molecule has 0 radical (unpaired) electrons. The fourth-order valence-electron chi connectivity index (χ4n) is 3.47. The van der Waals surface area contributed by atoms with E-state index in [1.807, 2.05) is 12.1 Å². The van der Waals surface area contributed by atoms with E-state index >= 15 is 0 Å². The maximum Gasteiger partial charge on any atom is 0.197 e. The molecule has 2 aromatic rings. The second-order valence-corrected chi connectivity index (χ2v) is 6.83. The molecule has 0 saturated heterocycles. The number of para-hydroxylation sites is 1. The minimum absolute atomic E-state index is 0.252. The van der Waals surface area contributed by atoms with Crippen molar-refractivity contribution in [3.63, 3.8) is 0 Å². The van der Waals surface area contributed by atoms with Crippen LogP contribution in [0.1, 0.15) is 44.4 Å². The second kappa shape index (κ2) is 5.12. The molecule has 3 heteroatoms. The van der Waals surface area contributed by atoms with Crippen molar-refractivity contribution in [2.24, 2.45) is 11.0 Å². The van der Waals surface area contributed by atoms with Gasteiger partial charge in [-0.1, -0.05) is 62.4 Å². The summed E-state index contributed by atoms with van der Waals surface area (Å²) in [6, 6.07) is 19.1. The van der Waals surface area contributed by atoms with Crippen molar-refractivity contribution >= 4 is 5.71 Å². The quantitative estimate of drug-likeness (QED) is 0.810. The molecule has 2 atom stereocenters. The Labute approximate surface area is 137 Å². The molecule has 23 heavy (non-hydrogen) atoms. The summed E-state index contributed by atoms with van der Waals surface area (Å²) < 4.78 is 6.40. The van der Waals surface area contributed by atoms with E-state index in [2.05, 4.69) is 68.2 Å². The molecule has 0 spiro atoms. The van der Waals surface area contributed by atoms with Crippen LogP contribution in [0.5, 0.6) is 5.75 Å². The maximum atomic E-state index is 6.40. The molecular formula is C20H22N2O. The summed E-state index contributed by atoms with van der Waals surface area (Å²) in [6.07, 6.45) is 0.923. The smallest absolute Gasteiger partial charge is 0.197 e. The lowest BCUT2D eigenvalue weighted by Gasteiger charge is -2.48. The first-order chi connectivity index (χ1) is 11.1. The SMILES string of the molecule is CC(C)[C@]1(C)Oc2ccccc2[C@@H]2CC(c3ccccc3)=NN21. The van der Waals surface area contributed by atoms with Gasteiger partial charge in [-0.2, -0.15) is 5.10 Å². The number of rotatable bonds is 2. The molecule has 2 heterocycles. The fraction of sp³-hybridized carbons (Fsp3) is 0.350. The van der Waals surface area contributed by atoms with E-state index in [4.69, 9.17) is 9.84 Å². The Morgan fingerprint density at radius 2 is 1.78 bits per heavy atom. The summed E-state index contributed by atoms with van der Waals surface area (Å²) in [7, 11) is 0. The van der Waals surface area contributed by atoms with E-state index in [0.717, 1.165) is 17.9 Å². The molecule has 0 bridgehead atoms. The molecule has 2 aliphatic heterocycles. The van der Waals surface area contributed by atoms with Crippen LogP contribution in [-0.2, 0) is 0 Å². The van der Waals surface area contributed by atoms with Crippen molar-refractivity contribution in [3.8, 4) is 5.75 Å². The first-order valence-electron chi connectivity index (χ1n) is 8.30. The zero-order chi connectivity index (χ0) is 16.0. The molecule has 118 valence electrons. The van der Waals surface area contributed by atoms with Gasteiger partial charge in [-0.25, -0.2) is 5.01 Å². The first kappa shape index (κ1) is 14.3. The van der Waals surface area contributed by atoms with Crippen LogP contribution in [0.25, 0.3) is 0 Å². The summed E-state index contributed by atoms with van der Waals surface area (Å²) in [5, 5.41) is 7.16. The van der Waals surface area contributed by atoms with Gasteiger partial charge in [-0.3, -0.25) is 0 Å². The molecule has 4 rings (SSSR count). The molecule has 0 N–H and O–H groups in total. The average Bonchev–Trinajstić information content (AvgIpc) is 3.02. The van der Waals surface area contributed by atoms with E-state index < -0.39 is 5.72 Å². The van der Waals surface area contributed by atoms with E-state index in [0.29, 0.717) is 5.92 Å². The van der Waals surface area contributed by atoms with Gasteiger partial charge >= 0.3 is 0 Å². The number of hydrogen-bond donors (Lipinski definition) is 0. The summed E-state index contributed by atoms with van der Waals surface area (Å²) in [5.41, 5.74) is 3.16. The Morgan fingerprint density at radius 3 is 2.52 bits per heavy atom. The predicted molar refractivity (Wildman–Crippen MR) is 92.5 cm³/mol. The molecular weight excluding hydrogens is 284 g/mol. The van der Waals surface area contributed by atoms with E-state index in [1.165, 1.54) is 11.1 Å². The minimum Gasteiger partial charge on any atom is -0.466 e. The van der Waals surface area contributed by atoms with E-state index in [-0.39, 0.29) is 6.04 Å². The summed E-state index contributed by atoms with van der Waals surface area (Å²) in [4.78, 5) is 0. The van der Waals surface area contributed by atoms with Crippen molar-refractivity contribution in [1.29, 1.82) is 0 Å². The van der Waals surface area contributed by atoms with Gasteiger partial charge < -0.3 is 4.74 Å². The summed E-state index contributed by atoms with van der Waals surface area (Å²) in [6.45, 7) is 6.54. The predicted octanol–water partition coefficient (Wildman–Crippen LogP) is 4.60. The molecule has 2 aliphatic rings. The molecule has 0 aromatic heterocycles. The Morgan fingerprint density at radius 1 is 1.09 bits per heavy atom. The third-order valence-electron chi connectivity index (χ3n) is 5.14. The number of nitrogens with zero attached hydrogens (tertiary/aromatic N) is 2. The molecule has 0 fully saturated rings. The third-order valence-corrected chi connectivity index (χ3v) is 5.14. The van der Waals surface area contributed by atoms with Crippen LogP contribution in [0.15, 0.2) is 59.7 Å². The second-order valence-electron chi connectivity index (χ2n) is 6.83. The van der Waals surface area contributed by atoms with Gasteiger partial charge in [-0.05, 0) is 18.6 Å². The van der Waals surface area contributed by atoms with Crippen LogP contribution in [0.4, 0.5) is 0 Å². The Kier molecular flexibility index (Phi) is 3.19. The van der Waals surface area contributed by atoms with Crippen molar-refractivity contribution in [3.05, 3.63) is 65.7 Å². The highest BCUT2D eigenvalue weighted by molar-refractivity contribution is 6.01. The van der Waals surface area contributed by atoms with E-state index in [9.17, 15) is 0 Å². The average molecular weight is 306 g/mol. The highest BCUT2D eigenvalue weighted by Gasteiger charge is 2.49. The fourth-order valence-corrected chi connectivity index (χ4v) is 3.47. The lowest BCUT2D eigenvalue weighted by Crippen LogP contribution is -2.54. The zero-order valence-corrected chi connectivity index (χ0v) is 13.9. The highest BCUT2D eigenvalue weighted by Crippen LogP contribution is 2.48. The van der Waals surface area contributed by atoms with Crippen molar-refractivity contribution in [2.45, 2.75) is 39.0 Å². The lowest BCUT2D eigenvalue weighted by molar-refractivity contribution is -0.135. The Balaban J connectivity index is 1.81. The van der Waals surface area contributed by atoms with Crippen LogP contribution < -0.4 is 4.74 Å². The van der Waals surface area contributed by atoms with E-state index in [1.54, 1.807) is 0 Å². The monoisotopic (exact) mass is 306 g/mol. The Bertz CT molecular complexity index is 753. The topological polar surface area (TPSA) is 24.8 Å². The van der Waals surface area contributed by atoms with Gasteiger partial charge in [0.25, 0.3) is 0 Å². The highest BCUT2D eigenvalue weighted by atomic mass is 16.5. The van der Waals surface area contributed by atoms with Gasteiger partial charge in [0.2, 0.25) is 0 Å². The van der Waals surface area contributed by atoms with Crippen LogP contribution in [-0.4, -0.2) is 16.4 Å². The lowest BCUT2D eigenvalue weighted by atomic mass is 9.91. The van der Waals surface area contributed by atoms with Crippen LogP contribution in [0.3, 0.4) is 0 Å². The molecule has 0 saturated carbocycles. The molecule has 0 aliphatic carbocycles. The van der Waals surface area contributed by atoms with Crippen molar-refractivity contribution in [1.82, 2.24) is 5.01 Å². The van der Waals surface area contributed by atoms with Crippen molar-refractivity contribution < 1.29 is 4.74 Å². The van der Waals surface area contributed by atoms with Crippen LogP contribution >= 0.6 is 0 Å². The number of fused-ring (bicyclic) bond motifs is 3. The largest absolute Gasteiger partial charge is 0.466 e. The number of benzene rings is 2. The molecule has 0 amide bonds. The molecule has 2 aromatic carbocycles. The van der Waals surface area contributed by atoms with Gasteiger partial charge in [0.05, 0.1) is 11.8 Å². The Hall–Kier alpha value is -2.29. The standard InChI is InChI=1S/C20H22N2O/c1-14(2)20(3)22-18(16-11-7-8-12-19(16)23-20)13-17(21-22)15-9-5-4-6-10-15/h4-12,14,18H,13H2,1-3H3/t18-,20-/m0/s1. The van der Waals surface area contributed by atoms with Gasteiger partial charge in [0.15, 0.2) is 5.72 Å². The van der Waals surface area contributed by atoms with Gasteiger partial charge in [0, 0.05) is 17.9 Å². The van der Waals surface area contributed by atoms with Gasteiger partial charge in [0.1, 0.15) is 5.75 Å². The van der Waals surface area contributed by atoms with Crippen LogP contribution in [0, 0.1) is 5.92 Å². The number of ether oxygens (including phenoxy) is 1. The summed E-state index contributed by atoms with van der Waals surface area (Å²) >= 11 is 0. The molecule has 3 nitrogen and oxygen atoms in total. The number of hydrogen-bond acceptors (Lipinski definition) is 3. The van der Waals surface area contributed by atoms with Crippen molar-refractivity contribution in [2.75, 3.05) is 0 Å². The van der Waals surface area contributed by atoms with Gasteiger partial charge in [-0.15, -0.1) is 0 Å². The number of hydrazone groups is 1. The first-order valence-corrected chi connectivity index (χ1v) is 8.30. The summed E-state index contributed by atoms with van der Waals surface area (Å²) in [5.74, 6) is 1.33. The van der Waals surface area contributed by atoms with Crippen LogP contribution in [0.2, 0.25) is 0 Å².